The Labute approximate surface area is 114 Å². The summed E-state index contributed by atoms with van der Waals surface area (Å²) in [6.45, 7) is 0. The molecule has 1 N–H and O–H groups in total. The van der Waals surface area contributed by atoms with Crippen LogP contribution in [0, 0.1) is 0 Å². The third kappa shape index (κ3) is 3.82. The third-order valence-electron chi connectivity index (χ3n) is 2.20. The van der Waals surface area contributed by atoms with E-state index in [9.17, 15) is 8.42 Å². The topological polar surface area (TPSA) is 59.1 Å². The van der Waals surface area contributed by atoms with Gasteiger partial charge in [-0.05, 0) is 33.6 Å². The van der Waals surface area contributed by atoms with Gasteiger partial charge in [0, 0.05) is 0 Å². The normalized spacial score (nSPS) is 11.2. The Morgan fingerprint density at radius 2 is 1.83 bits per heavy atom. The van der Waals surface area contributed by atoms with Crippen LogP contribution in [0.25, 0.3) is 0 Å². The molecule has 0 atom stereocenters. The maximum atomic E-state index is 11.9. The summed E-state index contributed by atoms with van der Waals surface area (Å²) in [5.74, 6) is -0.0517. The first kappa shape index (κ1) is 13.0. The zero-order chi connectivity index (χ0) is 13.0. The Hall–Kier alpha value is -1.40. The predicted molar refractivity (Wildman–Crippen MR) is 74.6 cm³/mol. The molecule has 1 aromatic heterocycles. The molecular weight excluding hydrogens is 316 g/mol. The van der Waals surface area contributed by atoms with Gasteiger partial charge in [0.05, 0.1) is 17.6 Å². The molecule has 2 rings (SSSR count). The van der Waals surface area contributed by atoms with Crippen molar-refractivity contribution >= 4 is 31.6 Å². The van der Waals surface area contributed by atoms with Crippen LogP contribution < -0.4 is 4.72 Å². The van der Waals surface area contributed by atoms with E-state index in [1.165, 1.54) is 6.20 Å². The molecule has 1 aromatic carbocycles. The number of hydrogen-bond acceptors (Lipinski definition) is 3. The Morgan fingerprint density at radius 1 is 1.11 bits per heavy atom. The van der Waals surface area contributed by atoms with Gasteiger partial charge < -0.3 is 0 Å². The van der Waals surface area contributed by atoms with E-state index >= 15 is 0 Å². The molecule has 0 radical (unpaired) electrons. The summed E-state index contributed by atoms with van der Waals surface area (Å²) in [5, 5.41) is 0. The minimum Gasteiger partial charge on any atom is -0.282 e. The lowest BCUT2D eigenvalue weighted by Crippen LogP contribution is -2.15. The standard InChI is InChI=1S/C12H11BrN2O2S/c13-12-7-6-11(8-14-12)15-18(16,17)9-10-4-2-1-3-5-10/h1-8,15H,9H2. The minimum absolute atomic E-state index is 0.0517. The Morgan fingerprint density at radius 3 is 2.44 bits per heavy atom. The smallest absolute Gasteiger partial charge is 0.236 e. The number of aromatic nitrogens is 1. The van der Waals surface area contributed by atoms with Gasteiger partial charge in [0.2, 0.25) is 10.0 Å². The van der Waals surface area contributed by atoms with E-state index < -0.39 is 10.0 Å². The van der Waals surface area contributed by atoms with Crippen molar-refractivity contribution < 1.29 is 8.42 Å². The number of nitrogens with one attached hydrogen (secondary N) is 1. The maximum Gasteiger partial charge on any atom is 0.236 e. The average Bonchev–Trinajstić information content (AvgIpc) is 2.32. The SMILES string of the molecule is O=S(=O)(Cc1ccccc1)Nc1ccc(Br)nc1. The molecule has 0 bridgehead atoms. The van der Waals surface area contributed by atoms with Gasteiger partial charge in [0.1, 0.15) is 4.60 Å². The Bertz CT molecular complexity index is 612. The van der Waals surface area contributed by atoms with E-state index in [1.54, 1.807) is 24.3 Å². The fourth-order valence-electron chi connectivity index (χ4n) is 1.45. The number of halogens is 1. The van der Waals surface area contributed by atoms with Crippen molar-refractivity contribution in [1.29, 1.82) is 0 Å². The van der Waals surface area contributed by atoms with Crippen molar-refractivity contribution in [1.82, 2.24) is 4.98 Å². The molecule has 0 fully saturated rings. The molecule has 0 saturated carbocycles. The van der Waals surface area contributed by atoms with Gasteiger partial charge >= 0.3 is 0 Å². The van der Waals surface area contributed by atoms with Crippen LogP contribution in [0.5, 0.6) is 0 Å². The van der Waals surface area contributed by atoms with Gasteiger partial charge in [-0.1, -0.05) is 30.3 Å². The van der Waals surface area contributed by atoms with E-state index in [1.807, 2.05) is 18.2 Å². The van der Waals surface area contributed by atoms with Crippen LogP contribution in [-0.2, 0) is 15.8 Å². The van der Waals surface area contributed by atoms with E-state index in [0.717, 1.165) is 5.56 Å². The number of anilines is 1. The number of sulfonamides is 1. The predicted octanol–water partition coefficient (Wildman–Crippen LogP) is 2.79. The maximum absolute atomic E-state index is 11.9. The number of rotatable bonds is 4. The van der Waals surface area contributed by atoms with Gasteiger partial charge in [-0.2, -0.15) is 0 Å². The molecule has 2 aromatic rings. The molecule has 6 heteroatoms. The lowest BCUT2D eigenvalue weighted by atomic mass is 10.2. The Kier molecular flexibility index (Phi) is 3.98. The average molecular weight is 327 g/mol. The van der Waals surface area contributed by atoms with Crippen LogP contribution >= 0.6 is 15.9 Å². The van der Waals surface area contributed by atoms with Gasteiger partial charge in [-0.25, -0.2) is 13.4 Å². The number of hydrogen-bond donors (Lipinski definition) is 1. The number of pyridine rings is 1. The molecule has 1 heterocycles. The van der Waals surface area contributed by atoms with Crippen molar-refractivity contribution in [2.45, 2.75) is 5.75 Å². The van der Waals surface area contributed by atoms with Crippen molar-refractivity contribution in [3.63, 3.8) is 0 Å². The molecule has 0 aliphatic carbocycles. The second kappa shape index (κ2) is 5.49. The van der Waals surface area contributed by atoms with E-state index in [-0.39, 0.29) is 5.75 Å². The molecule has 0 aliphatic rings. The lowest BCUT2D eigenvalue weighted by Gasteiger charge is -2.07. The van der Waals surface area contributed by atoms with E-state index in [2.05, 4.69) is 25.6 Å². The van der Waals surface area contributed by atoms with E-state index in [4.69, 9.17) is 0 Å². The molecule has 0 aliphatic heterocycles. The summed E-state index contributed by atoms with van der Waals surface area (Å²) in [6, 6.07) is 12.4. The second-order valence-corrected chi connectivity index (χ2v) is 6.25. The largest absolute Gasteiger partial charge is 0.282 e. The molecular formula is C12H11BrN2O2S. The van der Waals surface area contributed by atoms with Gasteiger partial charge in [-0.3, -0.25) is 4.72 Å². The van der Waals surface area contributed by atoms with Gasteiger partial charge in [0.25, 0.3) is 0 Å². The number of benzene rings is 1. The molecule has 0 spiro atoms. The first-order valence-corrected chi connectivity index (χ1v) is 7.66. The van der Waals surface area contributed by atoms with Gasteiger partial charge in [0.15, 0.2) is 0 Å². The van der Waals surface area contributed by atoms with Crippen molar-refractivity contribution in [2.24, 2.45) is 0 Å². The monoisotopic (exact) mass is 326 g/mol. The lowest BCUT2D eigenvalue weighted by molar-refractivity contribution is 0.600. The zero-order valence-electron chi connectivity index (χ0n) is 9.38. The fourth-order valence-corrected chi connectivity index (χ4v) is 2.86. The van der Waals surface area contributed by atoms with Crippen LogP contribution in [0.1, 0.15) is 5.56 Å². The summed E-state index contributed by atoms with van der Waals surface area (Å²) in [4.78, 5) is 3.96. The summed E-state index contributed by atoms with van der Waals surface area (Å²) >= 11 is 3.19. The van der Waals surface area contributed by atoms with Crippen molar-refractivity contribution in [3.8, 4) is 0 Å². The highest BCUT2D eigenvalue weighted by atomic mass is 79.9. The van der Waals surface area contributed by atoms with Crippen LogP contribution in [-0.4, -0.2) is 13.4 Å². The molecule has 0 amide bonds. The molecule has 0 saturated heterocycles. The zero-order valence-corrected chi connectivity index (χ0v) is 11.8. The molecule has 18 heavy (non-hydrogen) atoms. The molecule has 94 valence electrons. The first-order valence-electron chi connectivity index (χ1n) is 5.21. The fraction of sp³-hybridized carbons (Fsp3) is 0.0833. The highest BCUT2D eigenvalue weighted by molar-refractivity contribution is 9.10. The molecule has 4 nitrogen and oxygen atoms in total. The highest BCUT2D eigenvalue weighted by Crippen LogP contribution is 2.14. The molecule has 0 unspecified atom stereocenters. The quantitative estimate of drug-likeness (QED) is 0.879. The first-order chi connectivity index (χ1) is 8.55. The van der Waals surface area contributed by atoms with Crippen LogP contribution in [0.2, 0.25) is 0 Å². The summed E-state index contributed by atoms with van der Waals surface area (Å²) in [6.07, 6.45) is 1.46. The van der Waals surface area contributed by atoms with Crippen molar-refractivity contribution in [3.05, 3.63) is 58.8 Å². The van der Waals surface area contributed by atoms with Crippen molar-refractivity contribution in [2.75, 3.05) is 4.72 Å². The second-order valence-electron chi connectivity index (χ2n) is 3.72. The summed E-state index contributed by atoms with van der Waals surface area (Å²) < 4.78 is 27.0. The summed E-state index contributed by atoms with van der Waals surface area (Å²) in [5.41, 5.74) is 1.20. The Balaban J connectivity index is 2.10. The summed E-state index contributed by atoms with van der Waals surface area (Å²) in [7, 11) is -3.41. The van der Waals surface area contributed by atoms with Crippen LogP contribution in [0.4, 0.5) is 5.69 Å². The highest BCUT2D eigenvalue weighted by Gasteiger charge is 2.11. The van der Waals surface area contributed by atoms with Crippen LogP contribution in [0.15, 0.2) is 53.3 Å². The van der Waals surface area contributed by atoms with E-state index in [0.29, 0.717) is 10.3 Å². The van der Waals surface area contributed by atoms with Crippen LogP contribution in [0.3, 0.4) is 0 Å². The third-order valence-corrected chi connectivity index (χ3v) is 3.93. The number of nitrogens with zero attached hydrogens (tertiary/aromatic N) is 1. The van der Waals surface area contributed by atoms with Gasteiger partial charge in [-0.15, -0.1) is 0 Å². The minimum atomic E-state index is -3.41.